The lowest BCUT2D eigenvalue weighted by molar-refractivity contribution is -0.151. The van der Waals surface area contributed by atoms with Gasteiger partial charge in [0.1, 0.15) is 6.10 Å². The van der Waals surface area contributed by atoms with Gasteiger partial charge in [0, 0.05) is 12.8 Å². The Balaban J connectivity index is 1.68. The summed E-state index contributed by atoms with van der Waals surface area (Å²) in [6.07, 6.45) is 4.40. The van der Waals surface area contributed by atoms with Crippen LogP contribution in [-0.2, 0) is 14.3 Å². The van der Waals surface area contributed by atoms with E-state index in [-0.39, 0.29) is 35.7 Å². The van der Waals surface area contributed by atoms with Gasteiger partial charge < -0.3 is 9.47 Å². The van der Waals surface area contributed by atoms with Gasteiger partial charge in [0.2, 0.25) is 0 Å². The first-order valence-electron chi connectivity index (χ1n) is 8.30. The minimum atomic E-state index is -0.693. The Morgan fingerprint density at radius 2 is 1.83 bits per heavy atom. The van der Waals surface area contributed by atoms with Crippen LogP contribution in [0, 0.1) is 11.7 Å². The number of carbonyl (C=O) groups is 2. The van der Waals surface area contributed by atoms with E-state index in [0.29, 0.717) is 12.3 Å². The molecule has 0 aliphatic heterocycles. The maximum atomic E-state index is 13.5. The summed E-state index contributed by atoms with van der Waals surface area (Å²) in [7, 11) is 0. The molecule has 0 saturated heterocycles. The number of hydrogen-bond donors (Lipinski definition) is 0. The molecule has 6 heteroatoms. The van der Waals surface area contributed by atoms with Crippen molar-refractivity contribution in [1.29, 1.82) is 0 Å². The van der Waals surface area contributed by atoms with Gasteiger partial charge in [0.05, 0.1) is 5.02 Å². The summed E-state index contributed by atoms with van der Waals surface area (Å²) in [5, 5.41) is 0.0364. The number of benzene rings is 1. The summed E-state index contributed by atoms with van der Waals surface area (Å²) in [6.45, 7) is 2.20. The maximum Gasteiger partial charge on any atom is 0.311 e. The Labute approximate surface area is 146 Å². The van der Waals surface area contributed by atoms with Gasteiger partial charge >= 0.3 is 11.9 Å². The fourth-order valence-electron chi connectivity index (χ4n) is 2.71. The minimum Gasteiger partial charge on any atom is -0.462 e. The zero-order valence-corrected chi connectivity index (χ0v) is 14.5. The van der Waals surface area contributed by atoms with Crippen molar-refractivity contribution in [2.24, 2.45) is 5.92 Å². The van der Waals surface area contributed by atoms with E-state index in [9.17, 15) is 14.0 Å². The third kappa shape index (κ3) is 5.78. The number of esters is 2. The van der Waals surface area contributed by atoms with E-state index in [0.717, 1.165) is 31.7 Å². The van der Waals surface area contributed by atoms with Crippen molar-refractivity contribution >= 4 is 23.5 Å². The summed E-state index contributed by atoms with van der Waals surface area (Å²) in [4.78, 5) is 23.5. The van der Waals surface area contributed by atoms with E-state index < -0.39 is 11.8 Å². The Kier molecular flexibility index (Phi) is 7.03. The second-order valence-electron chi connectivity index (χ2n) is 6.25. The highest BCUT2D eigenvalue weighted by Crippen LogP contribution is 2.28. The summed E-state index contributed by atoms with van der Waals surface area (Å²) < 4.78 is 23.8. The highest BCUT2D eigenvalue weighted by Gasteiger charge is 2.21. The van der Waals surface area contributed by atoms with Crippen molar-refractivity contribution in [2.75, 3.05) is 0 Å². The van der Waals surface area contributed by atoms with Gasteiger partial charge in [-0.1, -0.05) is 24.6 Å². The first kappa shape index (κ1) is 18.7. The predicted octanol–water partition coefficient (Wildman–Crippen LogP) is 4.68. The molecule has 24 heavy (non-hydrogen) atoms. The first-order valence-corrected chi connectivity index (χ1v) is 8.67. The molecule has 1 fully saturated rings. The second-order valence-corrected chi connectivity index (χ2v) is 6.66. The molecule has 0 bridgehead atoms. The van der Waals surface area contributed by atoms with Crippen LogP contribution >= 0.6 is 11.6 Å². The standard InChI is InChI=1S/C18H22ClFO4/c1-12-8-10-13(11-9-12)23-16(21)6-3-7-17(22)24-18-14(19)4-2-5-15(18)20/h2,4-5,12-13H,3,6-11H2,1H3. The molecule has 1 aliphatic carbocycles. The molecule has 1 aromatic carbocycles. The monoisotopic (exact) mass is 356 g/mol. The smallest absolute Gasteiger partial charge is 0.311 e. The van der Waals surface area contributed by atoms with Crippen LogP contribution in [0.4, 0.5) is 4.39 Å². The first-order chi connectivity index (χ1) is 11.5. The normalized spacial score (nSPS) is 20.5. The van der Waals surface area contributed by atoms with Gasteiger partial charge in [-0.05, 0) is 50.2 Å². The van der Waals surface area contributed by atoms with Crippen molar-refractivity contribution in [3.8, 4) is 5.75 Å². The van der Waals surface area contributed by atoms with E-state index in [1.807, 2.05) is 0 Å². The second kappa shape index (κ2) is 9.02. The molecule has 1 aliphatic rings. The number of rotatable bonds is 6. The van der Waals surface area contributed by atoms with E-state index in [4.69, 9.17) is 21.1 Å². The number of ether oxygens (including phenoxy) is 2. The van der Waals surface area contributed by atoms with Crippen LogP contribution in [0.5, 0.6) is 5.75 Å². The minimum absolute atomic E-state index is 0.00145. The Bertz CT molecular complexity index is 562. The van der Waals surface area contributed by atoms with Gasteiger partial charge in [-0.15, -0.1) is 0 Å². The molecule has 0 N–H and O–H groups in total. The molecule has 0 radical (unpaired) electrons. The topological polar surface area (TPSA) is 52.6 Å². The van der Waals surface area contributed by atoms with Crippen molar-refractivity contribution in [1.82, 2.24) is 0 Å². The van der Waals surface area contributed by atoms with Gasteiger partial charge in [0.25, 0.3) is 0 Å². The number of para-hydroxylation sites is 1. The van der Waals surface area contributed by atoms with Crippen molar-refractivity contribution in [2.45, 2.75) is 58.0 Å². The predicted molar refractivity (Wildman–Crippen MR) is 88.4 cm³/mol. The Morgan fingerprint density at radius 3 is 2.50 bits per heavy atom. The summed E-state index contributed by atoms with van der Waals surface area (Å²) in [5.74, 6) is -1.20. The van der Waals surface area contributed by atoms with E-state index in [1.54, 1.807) is 0 Å². The lowest BCUT2D eigenvalue weighted by atomic mass is 9.89. The molecule has 1 aromatic rings. The number of halogens is 2. The Morgan fingerprint density at radius 1 is 1.17 bits per heavy atom. The Hall–Kier alpha value is -1.62. The van der Waals surface area contributed by atoms with Crippen molar-refractivity contribution in [3.05, 3.63) is 29.0 Å². The molecule has 0 unspecified atom stereocenters. The highest BCUT2D eigenvalue weighted by molar-refractivity contribution is 6.32. The van der Waals surface area contributed by atoms with Gasteiger partial charge in [0.15, 0.2) is 11.6 Å². The zero-order chi connectivity index (χ0) is 17.5. The van der Waals surface area contributed by atoms with Gasteiger partial charge in [-0.3, -0.25) is 9.59 Å². The molecule has 2 rings (SSSR count). The lowest BCUT2D eigenvalue weighted by Crippen LogP contribution is -2.23. The third-order valence-corrected chi connectivity index (χ3v) is 4.46. The van der Waals surface area contributed by atoms with Crippen molar-refractivity contribution < 1.29 is 23.5 Å². The van der Waals surface area contributed by atoms with Gasteiger partial charge in [-0.2, -0.15) is 0 Å². The molecular weight excluding hydrogens is 335 g/mol. The van der Waals surface area contributed by atoms with Crippen LogP contribution < -0.4 is 4.74 Å². The van der Waals surface area contributed by atoms with Crippen molar-refractivity contribution in [3.63, 3.8) is 0 Å². The number of hydrogen-bond acceptors (Lipinski definition) is 4. The average molecular weight is 357 g/mol. The third-order valence-electron chi connectivity index (χ3n) is 4.16. The van der Waals surface area contributed by atoms with E-state index >= 15 is 0 Å². The molecule has 4 nitrogen and oxygen atoms in total. The molecule has 0 spiro atoms. The molecule has 0 heterocycles. The van der Waals surface area contributed by atoms with Crippen LogP contribution in [0.2, 0.25) is 5.02 Å². The molecule has 0 aromatic heterocycles. The van der Waals surface area contributed by atoms with Crippen LogP contribution in [0.3, 0.4) is 0 Å². The van der Waals surface area contributed by atoms with Crippen LogP contribution in [-0.4, -0.2) is 18.0 Å². The van der Waals surface area contributed by atoms with E-state index in [1.165, 1.54) is 12.1 Å². The summed E-state index contributed by atoms with van der Waals surface area (Å²) in [6, 6.07) is 4.03. The van der Waals surface area contributed by atoms with Crippen LogP contribution in [0.1, 0.15) is 51.9 Å². The quantitative estimate of drug-likeness (QED) is 0.548. The zero-order valence-electron chi connectivity index (χ0n) is 13.7. The molecule has 1 saturated carbocycles. The molecule has 0 amide bonds. The van der Waals surface area contributed by atoms with Gasteiger partial charge in [-0.25, -0.2) is 4.39 Å². The summed E-state index contributed by atoms with van der Waals surface area (Å²) in [5.41, 5.74) is 0. The molecule has 0 atom stereocenters. The van der Waals surface area contributed by atoms with E-state index in [2.05, 4.69) is 6.92 Å². The molecule has 132 valence electrons. The molecular formula is C18H22ClFO4. The lowest BCUT2D eigenvalue weighted by Gasteiger charge is -2.25. The number of carbonyl (C=O) groups excluding carboxylic acids is 2. The summed E-state index contributed by atoms with van der Waals surface area (Å²) >= 11 is 5.79. The maximum absolute atomic E-state index is 13.5. The highest BCUT2D eigenvalue weighted by atomic mass is 35.5. The van der Waals surface area contributed by atoms with Crippen LogP contribution in [0.25, 0.3) is 0 Å². The van der Waals surface area contributed by atoms with Crippen LogP contribution in [0.15, 0.2) is 18.2 Å². The fraction of sp³-hybridized carbons (Fsp3) is 0.556. The largest absolute Gasteiger partial charge is 0.462 e. The SMILES string of the molecule is CC1CCC(OC(=O)CCCC(=O)Oc2c(F)cccc2Cl)CC1. The fourth-order valence-corrected chi connectivity index (χ4v) is 2.92. The average Bonchev–Trinajstić information content (AvgIpc) is 2.53.